The summed E-state index contributed by atoms with van der Waals surface area (Å²) in [4.78, 5) is 34.7. The van der Waals surface area contributed by atoms with E-state index >= 15 is 0 Å². The number of aromatic nitrogens is 2. The van der Waals surface area contributed by atoms with Gasteiger partial charge >= 0.3 is 5.97 Å². The van der Waals surface area contributed by atoms with E-state index in [1.165, 1.54) is 10.1 Å². The molecule has 3 aromatic rings. The predicted octanol–water partition coefficient (Wildman–Crippen LogP) is 3.78. The highest BCUT2D eigenvalue weighted by Gasteiger charge is 2.33. The van der Waals surface area contributed by atoms with Crippen molar-refractivity contribution in [2.45, 2.75) is 32.2 Å². The van der Waals surface area contributed by atoms with Crippen molar-refractivity contribution in [2.75, 3.05) is 13.7 Å². The van der Waals surface area contributed by atoms with Gasteiger partial charge in [0.05, 0.1) is 31.0 Å². The SMILES string of the molecule is C=CCC1C=C(/C=c2\[nH]c3n(c2=O)C(c2ccc(OC)cc2)C(C(=O)OCC)=C(C)N=3)c2ccccc21. The van der Waals surface area contributed by atoms with Crippen LogP contribution in [-0.4, -0.2) is 29.2 Å². The number of esters is 1. The molecule has 7 heteroatoms. The molecule has 5 rings (SSSR count). The summed E-state index contributed by atoms with van der Waals surface area (Å²) in [5, 5.41) is 0.399. The number of imidazole rings is 1. The van der Waals surface area contributed by atoms with Crippen LogP contribution < -0.4 is 21.3 Å². The molecule has 7 nitrogen and oxygen atoms in total. The second-order valence-corrected chi connectivity index (χ2v) is 9.03. The van der Waals surface area contributed by atoms with Gasteiger partial charge in [0.25, 0.3) is 5.56 Å². The van der Waals surface area contributed by atoms with Gasteiger partial charge < -0.3 is 14.5 Å². The van der Waals surface area contributed by atoms with Crippen LogP contribution in [0, 0.1) is 0 Å². The van der Waals surface area contributed by atoms with Gasteiger partial charge in [-0.15, -0.1) is 6.58 Å². The smallest absolute Gasteiger partial charge is 0.338 e. The summed E-state index contributed by atoms with van der Waals surface area (Å²) < 4.78 is 12.2. The highest BCUT2D eigenvalue weighted by atomic mass is 16.5. The van der Waals surface area contributed by atoms with Gasteiger partial charge in [-0.3, -0.25) is 9.36 Å². The molecule has 188 valence electrons. The molecule has 0 radical (unpaired) electrons. The first kappa shape index (κ1) is 24.3. The van der Waals surface area contributed by atoms with E-state index < -0.39 is 12.0 Å². The summed E-state index contributed by atoms with van der Waals surface area (Å²) in [5.41, 5.74) is 4.99. The molecular formula is C30H29N3O4. The van der Waals surface area contributed by atoms with Crippen molar-refractivity contribution in [1.29, 1.82) is 0 Å². The molecule has 1 aliphatic heterocycles. The summed E-state index contributed by atoms with van der Waals surface area (Å²) in [6.07, 6.45) is 6.76. The molecular weight excluding hydrogens is 466 g/mol. The number of ether oxygens (including phenoxy) is 2. The highest BCUT2D eigenvalue weighted by Crippen LogP contribution is 2.38. The van der Waals surface area contributed by atoms with Crippen molar-refractivity contribution in [1.82, 2.24) is 9.55 Å². The number of carbonyl (C=O) groups excluding carboxylic acids is 1. The summed E-state index contributed by atoms with van der Waals surface area (Å²) in [7, 11) is 1.59. The van der Waals surface area contributed by atoms with Gasteiger partial charge in [0.2, 0.25) is 5.62 Å². The van der Waals surface area contributed by atoms with E-state index in [4.69, 9.17) is 9.47 Å². The number of hydrogen-bond donors (Lipinski definition) is 1. The first-order chi connectivity index (χ1) is 18.0. The second kappa shape index (κ2) is 9.93. The summed E-state index contributed by atoms with van der Waals surface area (Å²) >= 11 is 0. The lowest BCUT2D eigenvalue weighted by Crippen LogP contribution is -2.40. The van der Waals surface area contributed by atoms with E-state index in [1.807, 2.05) is 48.6 Å². The molecule has 2 atom stereocenters. The maximum atomic E-state index is 13.9. The van der Waals surface area contributed by atoms with Crippen LogP contribution in [0.3, 0.4) is 0 Å². The van der Waals surface area contributed by atoms with Crippen LogP contribution in [0.15, 0.2) is 88.3 Å². The Kier molecular flexibility index (Phi) is 6.53. The Hall–Kier alpha value is -4.39. The van der Waals surface area contributed by atoms with E-state index in [1.54, 1.807) is 21.0 Å². The van der Waals surface area contributed by atoms with Crippen LogP contribution in [-0.2, 0) is 9.53 Å². The zero-order valence-corrected chi connectivity index (χ0v) is 21.2. The molecule has 2 aromatic carbocycles. The fourth-order valence-corrected chi connectivity index (χ4v) is 5.13. The van der Waals surface area contributed by atoms with Crippen molar-refractivity contribution in [3.8, 4) is 5.75 Å². The van der Waals surface area contributed by atoms with E-state index in [-0.39, 0.29) is 18.1 Å². The molecule has 1 N–H and O–H groups in total. The molecule has 0 amide bonds. The van der Waals surface area contributed by atoms with E-state index in [2.05, 4.69) is 34.8 Å². The molecule has 37 heavy (non-hydrogen) atoms. The second-order valence-electron chi connectivity index (χ2n) is 9.03. The van der Waals surface area contributed by atoms with Gasteiger partial charge in [-0.05, 0) is 60.7 Å². The Morgan fingerprint density at radius 2 is 1.95 bits per heavy atom. The van der Waals surface area contributed by atoms with Crippen LogP contribution in [0.4, 0.5) is 0 Å². The van der Waals surface area contributed by atoms with E-state index in [0.717, 1.165) is 23.1 Å². The summed E-state index contributed by atoms with van der Waals surface area (Å²) in [6.45, 7) is 7.63. The van der Waals surface area contributed by atoms with Crippen LogP contribution in [0.2, 0.25) is 0 Å². The Labute approximate surface area is 214 Å². The lowest BCUT2D eigenvalue weighted by atomic mass is 9.96. The number of nitrogens with zero attached hydrogens (tertiary/aromatic N) is 2. The third kappa shape index (κ3) is 4.27. The molecule has 0 saturated carbocycles. The monoisotopic (exact) mass is 495 g/mol. The quantitative estimate of drug-likeness (QED) is 0.399. The molecule has 2 aliphatic rings. The number of fused-ring (bicyclic) bond motifs is 2. The predicted molar refractivity (Wildman–Crippen MR) is 143 cm³/mol. The van der Waals surface area contributed by atoms with Crippen LogP contribution in [0.5, 0.6) is 5.75 Å². The van der Waals surface area contributed by atoms with Gasteiger partial charge in [-0.25, -0.2) is 9.79 Å². The minimum Gasteiger partial charge on any atom is -0.497 e. The zero-order chi connectivity index (χ0) is 26.1. The van der Waals surface area contributed by atoms with Gasteiger partial charge in [0, 0.05) is 5.92 Å². The number of methoxy groups -OCH3 is 1. The highest BCUT2D eigenvalue weighted by molar-refractivity contribution is 5.93. The summed E-state index contributed by atoms with van der Waals surface area (Å²) in [5.74, 6) is 0.399. The maximum Gasteiger partial charge on any atom is 0.338 e. The first-order valence-corrected chi connectivity index (χ1v) is 12.3. The fourth-order valence-electron chi connectivity index (χ4n) is 5.13. The number of H-pyrrole nitrogens is 1. The van der Waals surface area contributed by atoms with Gasteiger partial charge in [0.15, 0.2) is 0 Å². The minimum absolute atomic E-state index is 0.211. The fraction of sp³-hybridized carbons (Fsp3) is 0.233. The average molecular weight is 496 g/mol. The molecule has 0 spiro atoms. The minimum atomic E-state index is -0.693. The van der Waals surface area contributed by atoms with Crippen molar-refractivity contribution in [3.63, 3.8) is 0 Å². The Bertz CT molecular complexity index is 1620. The van der Waals surface area contributed by atoms with Crippen LogP contribution in [0.25, 0.3) is 11.6 Å². The molecule has 2 heterocycles. The molecule has 1 aliphatic carbocycles. The lowest BCUT2D eigenvalue weighted by Gasteiger charge is -2.24. The lowest BCUT2D eigenvalue weighted by molar-refractivity contribution is -0.139. The van der Waals surface area contributed by atoms with Gasteiger partial charge in [-0.2, -0.15) is 0 Å². The van der Waals surface area contributed by atoms with Crippen molar-refractivity contribution in [3.05, 3.63) is 117 Å². The topological polar surface area (TPSA) is 85.7 Å². The Morgan fingerprint density at radius 1 is 1.19 bits per heavy atom. The third-order valence-corrected chi connectivity index (χ3v) is 6.82. The standard InChI is InChI=1S/C30H29N3O4/c1-5-9-20-16-21(24-11-8-7-10-23(20)24)17-25-28(34)33-27(19-12-14-22(36-4)15-13-19)26(29(35)37-6-2)18(3)31-30(33)32-25/h5,7-8,10-17,20,27H,1,6,9H2,2-4H3,(H,31,32)/b25-17-. The number of allylic oxidation sites excluding steroid dienone is 4. The number of hydrogen-bond acceptors (Lipinski definition) is 5. The molecule has 1 aromatic heterocycles. The Balaban J connectivity index is 1.69. The molecule has 0 fully saturated rings. The largest absolute Gasteiger partial charge is 0.497 e. The average Bonchev–Trinajstić information content (AvgIpc) is 3.40. The van der Waals surface area contributed by atoms with Crippen molar-refractivity contribution >= 4 is 17.6 Å². The molecule has 0 saturated heterocycles. The number of carbonyl (C=O) groups is 1. The number of nitrogens with one attached hydrogen (secondary N) is 1. The van der Waals surface area contributed by atoms with Gasteiger partial charge in [-0.1, -0.05) is 48.6 Å². The molecule has 2 unspecified atom stereocenters. The zero-order valence-electron chi connectivity index (χ0n) is 21.2. The van der Waals surface area contributed by atoms with Crippen molar-refractivity contribution in [2.24, 2.45) is 4.99 Å². The Morgan fingerprint density at radius 3 is 2.65 bits per heavy atom. The number of aromatic amines is 1. The van der Waals surface area contributed by atoms with Crippen LogP contribution in [0.1, 0.15) is 48.9 Å². The van der Waals surface area contributed by atoms with E-state index in [0.29, 0.717) is 28.0 Å². The third-order valence-electron chi connectivity index (χ3n) is 6.82. The first-order valence-electron chi connectivity index (χ1n) is 12.3. The van der Waals surface area contributed by atoms with E-state index in [9.17, 15) is 9.59 Å². The van der Waals surface area contributed by atoms with Crippen LogP contribution >= 0.6 is 0 Å². The number of benzene rings is 2. The van der Waals surface area contributed by atoms with Crippen molar-refractivity contribution < 1.29 is 14.3 Å². The normalized spacial score (nSPS) is 18.6. The maximum absolute atomic E-state index is 13.9. The summed E-state index contributed by atoms with van der Waals surface area (Å²) in [6, 6.07) is 14.8. The number of rotatable bonds is 7. The molecule has 0 bridgehead atoms. The van der Waals surface area contributed by atoms with Gasteiger partial charge in [0.1, 0.15) is 11.1 Å².